The van der Waals surface area contributed by atoms with E-state index in [1.54, 1.807) is 11.3 Å². The fraction of sp³-hybridized carbons (Fsp3) is 0.444. The third-order valence-corrected chi connectivity index (χ3v) is 5.10. The number of nitrogens with one attached hydrogen (secondary N) is 1. The van der Waals surface area contributed by atoms with Gasteiger partial charge in [-0.25, -0.2) is 4.79 Å². The number of carbonyl (C=O) groups excluding carboxylic acids is 2. The Morgan fingerprint density at radius 3 is 2.83 bits per heavy atom. The minimum atomic E-state index is -0.340. The van der Waals surface area contributed by atoms with Crippen LogP contribution in [-0.2, 0) is 14.3 Å². The van der Waals surface area contributed by atoms with Crippen molar-refractivity contribution in [2.75, 3.05) is 0 Å². The topological polar surface area (TPSA) is 55.4 Å². The SMILES string of the molecule is CC1=C(C(=O)OC(C)C)[C@@H](c2cccs2)C2=C(CCCC2=O)N1. The third-order valence-electron chi connectivity index (χ3n) is 4.17. The fourth-order valence-corrected chi connectivity index (χ4v) is 4.11. The molecule has 2 heterocycles. The number of rotatable bonds is 3. The van der Waals surface area contributed by atoms with Gasteiger partial charge in [0.1, 0.15) is 0 Å². The molecule has 4 nitrogen and oxygen atoms in total. The summed E-state index contributed by atoms with van der Waals surface area (Å²) in [6.07, 6.45) is 2.07. The highest BCUT2D eigenvalue weighted by Gasteiger charge is 2.39. The molecule has 23 heavy (non-hydrogen) atoms. The number of allylic oxidation sites excluding steroid dienone is 3. The summed E-state index contributed by atoms with van der Waals surface area (Å²) in [5.74, 6) is -0.502. The molecular formula is C18H21NO3S. The van der Waals surface area contributed by atoms with Gasteiger partial charge in [0, 0.05) is 28.3 Å². The minimum Gasteiger partial charge on any atom is -0.460 e. The van der Waals surface area contributed by atoms with E-state index in [1.165, 1.54) is 0 Å². The number of hydrogen-bond acceptors (Lipinski definition) is 5. The van der Waals surface area contributed by atoms with E-state index in [2.05, 4.69) is 5.32 Å². The molecule has 1 aliphatic heterocycles. The Morgan fingerprint density at radius 1 is 1.39 bits per heavy atom. The summed E-state index contributed by atoms with van der Waals surface area (Å²) in [6.45, 7) is 5.56. The van der Waals surface area contributed by atoms with E-state index in [0.717, 1.165) is 34.7 Å². The van der Waals surface area contributed by atoms with Crippen LogP contribution in [0.1, 0.15) is 50.8 Å². The van der Waals surface area contributed by atoms with Crippen LogP contribution in [-0.4, -0.2) is 17.9 Å². The first-order valence-electron chi connectivity index (χ1n) is 7.97. The predicted octanol–water partition coefficient (Wildman–Crippen LogP) is 3.67. The molecule has 1 N–H and O–H groups in total. The Balaban J connectivity index is 2.10. The van der Waals surface area contributed by atoms with Crippen LogP contribution in [0.15, 0.2) is 40.1 Å². The van der Waals surface area contributed by atoms with E-state index in [-0.39, 0.29) is 23.8 Å². The molecular weight excluding hydrogens is 310 g/mol. The lowest BCUT2D eigenvalue weighted by Crippen LogP contribution is -2.34. The Labute approximate surface area is 140 Å². The van der Waals surface area contributed by atoms with E-state index in [4.69, 9.17) is 4.74 Å². The summed E-state index contributed by atoms with van der Waals surface area (Å²) < 4.78 is 5.44. The first-order chi connectivity index (χ1) is 11.0. The Bertz CT molecular complexity index is 698. The molecule has 3 rings (SSSR count). The number of Topliss-reactive ketones (excluding diaryl/α,β-unsaturated/α-hetero) is 1. The molecule has 0 fully saturated rings. The lowest BCUT2D eigenvalue weighted by Gasteiger charge is -2.33. The molecule has 0 radical (unpaired) electrons. The minimum absolute atomic E-state index is 0.138. The molecule has 5 heteroatoms. The summed E-state index contributed by atoms with van der Waals surface area (Å²) in [6, 6.07) is 3.94. The molecule has 0 spiro atoms. The highest BCUT2D eigenvalue weighted by atomic mass is 32.1. The lowest BCUT2D eigenvalue weighted by molar-refractivity contribution is -0.143. The average Bonchev–Trinajstić information content (AvgIpc) is 2.99. The normalized spacial score (nSPS) is 21.4. The second-order valence-electron chi connectivity index (χ2n) is 6.24. The maximum Gasteiger partial charge on any atom is 0.337 e. The van der Waals surface area contributed by atoms with Crippen LogP contribution in [0, 0.1) is 0 Å². The van der Waals surface area contributed by atoms with Gasteiger partial charge in [0.25, 0.3) is 0 Å². The highest BCUT2D eigenvalue weighted by molar-refractivity contribution is 7.10. The molecule has 1 atom stereocenters. The van der Waals surface area contributed by atoms with Crippen LogP contribution in [0.5, 0.6) is 0 Å². The van der Waals surface area contributed by atoms with Gasteiger partial charge in [-0.15, -0.1) is 11.3 Å². The van der Waals surface area contributed by atoms with E-state index in [1.807, 2.05) is 38.3 Å². The number of esters is 1. The van der Waals surface area contributed by atoms with Crippen LogP contribution in [0.25, 0.3) is 0 Å². The van der Waals surface area contributed by atoms with Gasteiger partial charge in [0.15, 0.2) is 5.78 Å². The van der Waals surface area contributed by atoms with Crippen molar-refractivity contribution < 1.29 is 14.3 Å². The smallest absolute Gasteiger partial charge is 0.337 e. The third kappa shape index (κ3) is 2.98. The van der Waals surface area contributed by atoms with Gasteiger partial charge in [-0.3, -0.25) is 4.79 Å². The van der Waals surface area contributed by atoms with Crippen LogP contribution in [0.4, 0.5) is 0 Å². The van der Waals surface area contributed by atoms with Crippen molar-refractivity contribution in [3.63, 3.8) is 0 Å². The van der Waals surface area contributed by atoms with Crippen molar-refractivity contribution in [3.8, 4) is 0 Å². The maximum absolute atomic E-state index is 12.7. The molecule has 1 aromatic rings. The van der Waals surface area contributed by atoms with Crippen LogP contribution in [0.3, 0.4) is 0 Å². The van der Waals surface area contributed by atoms with Gasteiger partial charge < -0.3 is 10.1 Å². The summed E-state index contributed by atoms with van der Waals surface area (Å²) in [7, 11) is 0. The Kier molecular flexibility index (Phi) is 4.39. The summed E-state index contributed by atoms with van der Waals surface area (Å²) in [5.41, 5.74) is 3.08. The van der Waals surface area contributed by atoms with Gasteiger partial charge in [-0.1, -0.05) is 6.07 Å². The predicted molar refractivity (Wildman–Crippen MR) is 90.0 cm³/mol. The molecule has 122 valence electrons. The van der Waals surface area contributed by atoms with Crippen molar-refractivity contribution in [1.29, 1.82) is 0 Å². The van der Waals surface area contributed by atoms with Crippen LogP contribution in [0.2, 0.25) is 0 Å². The van der Waals surface area contributed by atoms with Crippen molar-refractivity contribution in [1.82, 2.24) is 5.32 Å². The van der Waals surface area contributed by atoms with E-state index in [0.29, 0.717) is 12.0 Å². The maximum atomic E-state index is 12.7. The molecule has 1 aliphatic carbocycles. The van der Waals surface area contributed by atoms with Gasteiger partial charge in [-0.05, 0) is 45.1 Å². The summed E-state index contributed by atoms with van der Waals surface area (Å²) in [4.78, 5) is 26.2. The van der Waals surface area contributed by atoms with Gasteiger partial charge in [-0.2, -0.15) is 0 Å². The Morgan fingerprint density at radius 2 is 2.17 bits per heavy atom. The summed E-state index contributed by atoms with van der Waals surface area (Å²) >= 11 is 1.57. The zero-order chi connectivity index (χ0) is 16.6. The second kappa shape index (κ2) is 6.32. The van der Waals surface area contributed by atoms with Crippen molar-refractivity contribution in [3.05, 3.63) is 44.9 Å². The first-order valence-corrected chi connectivity index (χ1v) is 8.85. The average molecular weight is 331 g/mol. The van der Waals surface area contributed by atoms with Gasteiger partial charge in [0.2, 0.25) is 0 Å². The van der Waals surface area contributed by atoms with E-state index < -0.39 is 0 Å². The second-order valence-corrected chi connectivity index (χ2v) is 7.21. The van der Waals surface area contributed by atoms with Crippen molar-refractivity contribution in [2.45, 2.75) is 52.1 Å². The number of carbonyl (C=O) groups is 2. The van der Waals surface area contributed by atoms with Gasteiger partial charge >= 0.3 is 5.97 Å². The monoisotopic (exact) mass is 331 g/mol. The van der Waals surface area contributed by atoms with E-state index in [9.17, 15) is 9.59 Å². The van der Waals surface area contributed by atoms with Gasteiger partial charge in [0.05, 0.1) is 17.6 Å². The molecule has 0 bridgehead atoms. The Hall–Kier alpha value is -1.88. The lowest BCUT2D eigenvalue weighted by atomic mass is 9.78. The zero-order valence-corrected chi connectivity index (χ0v) is 14.5. The number of thiophene rings is 1. The highest BCUT2D eigenvalue weighted by Crippen LogP contribution is 2.43. The quantitative estimate of drug-likeness (QED) is 0.859. The van der Waals surface area contributed by atoms with Crippen LogP contribution < -0.4 is 5.32 Å². The molecule has 0 saturated heterocycles. The molecule has 0 amide bonds. The molecule has 0 saturated carbocycles. The number of ether oxygens (including phenoxy) is 1. The molecule has 2 aliphatic rings. The van der Waals surface area contributed by atoms with Crippen molar-refractivity contribution in [2.24, 2.45) is 0 Å². The fourth-order valence-electron chi connectivity index (χ4n) is 3.27. The van der Waals surface area contributed by atoms with Crippen molar-refractivity contribution >= 4 is 23.1 Å². The number of ketones is 1. The largest absolute Gasteiger partial charge is 0.460 e. The number of dihydropyridines is 1. The first kappa shape index (κ1) is 16.0. The molecule has 0 aromatic carbocycles. The number of hydrogen-bond donors (Lipinski definition) is 1. The molecule has 0 unspecified atom stereocenters. The summed E-state index contributed by atoms with van der Waals surface area (Å²) in [5, 5.41) is 5.26. The standard InChI is InChI=1S/C18H21NO3S/c1-10(2)22-18(21)15-11(3)19-12-6-4-7-13(20)16(12)17(15)14-8-5-9-23-14/h5,8-10,17,19H,4,6-7H2,1-3H3/t17-/m1/s1. The molecule has 1 aromatic heterocycles. The van der Waals surface area contributed by atoms with Crippen LogP contribution >= 0.6 is 11.3 Å². The zero-order valence-electron chi connectivity index (χ0n) is 13.6. The van der Waals surface area contributed by atoms with E-state index >= 15 is 0 Å².